The van der Waals surface area contributed by atoms with Crippen LogP contribution >= 0.6 is 27.7 Å². The van der Waals surface area contributed by atoms with E-state index in [4.69, 9.17) is 10.8 Å². The standard InChI is InChI=1S/C13H12BrN3O3S/c14-8-3-1-2-4-9(8)21-6-10-16-12(15)7(5-11(18)19)13(20)17-10/h1-4H,5-6H2,(H,18,19)(H3,15,16,17,20). The normalized spacial score (nSPS) is 10.5. The van der Waals surface area contributed by atoms with Crippen LogP contribution in [0.1, 0.15) is 11.4 Å². The monoisotopic (exact) mass is 369 g/mol. The number of carboxylic acid groups (broad SMARTS) is 1. The van der Waals surface area contributed by atoms with E-state index in [1.54, 1.807) is 0 Å². The van der Waals surface area contributed by atoms with Gasteiger partial charge < -0.3 is 15.8 Å². The molecule has 1 aromatic carbocycles. The predicted molar refractivity (Wildman–Crippen MR) is 84.3 cm³/mol. The van der Waals surface area contributed by atoms with Crippen molar-refractivity contribution in [2.75, 3.05) is 5.73 Å². The number of benzene rings is 1. The van der Waals surface area contributed by atoms with Crippen LogP contribution in [0.2, 0.25) is 0 Å². The number of carboxylic acids is 1. The van der Waals surface area contributed by atoms with Gasteiger partial charge in [-0.2, -0.15) is 0 Å². The van der Waals surface area contributed by atoms with Crippen molar-refractivity contribution in [1.82, 2.24) is 9.97 Å². The van der Waals surface area contributed by atoms with Crippen LogP contribution in [0.15, 0.2) is 38.4 Å². The van der Waals surface area contributed by atoms with Crippen molar-refractivity contribution in [3.63, 3.8) is 0 Å². The molecule has 0 spiro atoms. The molecule has 0 aliphatic carbocycles. The van der Waals surface area contributed by atoms with Crippen LogP contribution in [-0.4, -0.2) is 21.0 Å². The number of hydrogen-bond acceptors (Lipinski definition) is 5. The third-order valence-electron chi connectivity index (χ3n) is 2.63. The molecule has 0 saturated heterocycles. The number of nitrogens with two attached hydrogens (primary N) is 1. The molecule has 6 nitrogen and oxygen atoms in total. The second kappa shape index (κ2) is 6.77. The number of aromatic nitrogens is 2. The molecule has 0 bridgehead atoms. The van der Waals surface area contributed by atoms with Gasteiger partial charge in [0.2, 0.25) is 0 Å². The quantitative estimate of drug-likeness (QED) is 0.695. The Morgan fingerprint density at radius 1 is 1.43 bits per heavy atom. The highest BCUT2D eigenvalue weighted by Crippen LogP contribution is 2.28. The summed E-state index contributed by atoms with van der Waals surface area (Å²) in [5, 5.41) is 8.72. The van der Waals surface area contributed by atoms with E-state index in [9.17, 15) is 9.59 Å². The van der Waals surface area contributed by atoms with Gasteiger partial charge in [0.05, 0.1) is 17.7 Å². The fourth-order valence-corrected chi connectivity index (χ4v) is 3.10. The number of carbonyl (C=O) groups is 1. The molecule has 0 saturated carbocycles. The fourth-order valence-electron chi connectivity index (χ4n) is 1.66. The average molecular weight is 370 g/mol. The average Bonchev–Trinajstić information content (AvgIpc) is 2.42. The number of halogens is 1. The second-order valence-electron chi connectivity index (χ2n) is 4.17. The lowest BCUT2D eigenvalue weighted by molar-refractivity contribution is -0.136. The molecule has 0 fully saturated rings. The Bertz CT molecular complexity index is 733. The highest BCUT2D eigenvalue weighted by molar-refractivity contribution is 9.10. The summed E-state index contributed by atoms with van der Waals surface area (Å²) in [4.78, 5) is 30.1. The number of H-pyrrole nitrogens is 1. The molecule has 1 aromatic heterocycles. The topological polar surface area (TPSA) is 109 Å². The Morgan fingerprint density at radius 3 is 2.76 bits per heavy atom. The Kier molecular flexibility index (Phi) is 5.03. The molecule has 1 heterocycles. The summed E-state index contributed by atoms with van der Waals surface area (Å²) in [6.45, 7) is 0. The van der Waals surface area contributed by atoms with Gasteiger partial charge >= 0.3 is 5.97 Å². The van der Waals surface area contributed by atoms with E-state index >= 15 is 0 Å². The van der Waals surface area contributed by atoms with Crippen molar-refractivity contribution in [3.05, 3.63) is 50.5 Å². The number of rotatable bonds is 5. The summed E-state index contributed by atoms with van der Waals surface area (Å²) in [7, 11) is 0. The van der Waals surface area contributed by atoms with E-state index in [1.165, 1.54) is 11.8 Å². The molecule has 0 amide bonds. The summed E-state index contributed by atoms with van der Waals surface area (Å²) < 4.78 is 0.952. The van der Waals surface area contributed by atoms with Crippen LogP contribution in [-0.2, 0) is 17.0 Å². The second-order valence-corrected chi connectivity index (χ2v) is 6.04. The third-order valence-corrected chi connectivity index (χ3v) is 4.66. The summed E-state index contributed by atoms with van der Waals surface area (Å²) in [6, 6.07) is 7.68. The summed E-state index contributed by atoms with van der Waals surface area (Å²) >= 11 is 4.92. The van der Waals surface area contributed by atoms with Gasteiger partial charge in [0, 0.05) is 9.37 Å². The number of nitrogens with zero attached hydrogens (tertiary/aromatic N) is 1. The minimum atomic E-state index is -1.12. The zero-order valence-corrected chi connectivity index (χ0v) is 13.2. The zero-order chi connectivity index (χ0) is 15.4. The van der Waals surface area contributed by atoms with Crippen molar-refractivity contribution >= 4 is 39.5 Å². The van der Waals surface area contributed by atoms with Gasteiger partial charge in [-0.1, -0.05) is 12.1 Å². The lowest BCUT2D eigenvalue weighted by Crippen LogP contribution is -2.21. The fraction of sp³-hybridized carbons (Fsp3) is 0.154. The minimum Gasteiger partial charge on any atom is -0.481 e. The molecule has 4 N–H and O–H groups in total. The number of nitrogen functional groups attached to an aromatic ring is 1. The van der Waals surface area contributed by atoms with Crippen LogP contribution in [0, 0.1) is 0 Å². The van der Waals surface area contributed by atoms with E-state index in [1.807, 2.05) is 24.3 Å². The van der Waals surface area contributed by atoms with E-state index < -0.39 is 17.9 Å². The molecule has 2 rings (SSSR count). The SMILES string of the molecule is Nc1nc(CSc2ccccc2Br)[nH]c(=O)c1CC(=O)O. The molecular formula is C13H12BrN3O3S. The lowest BCUT2D eigenvalue weighted by atomic mass is 10.2. The van der Waals surface area contributed by atoms with Crippen molar-refractivity contribution in [1.29, 1.82) is 0 Å². The Labute approximate surface area is 132 Å². The maximum Gasteiger partial charge on any atom is 0.308 e. The Balaban J connectivity index is 2.17. The van der Waals surface area contributed by atoms with Gasteiger partial charge in [0.25, 0.3) is 5.56 Å². The number of aliphatic carboxylic acids is 1. The number of anilines is 1. The molecule has 0 radical (unpaired) electrons. The van der Waals surface area contributed by atoms with Gasteiger partial charge in [0.15, 0.2) is 0 Å². The maximum atomic E-state index is 11.8. The van der Waals surface area contributed by atoms with Gasteiger partial charge in [-0.05, 0) is 28.1 Å². The first-order valence-corrected chi connectivity index (χ1v) is 7.72. The molecule has 0 aliphatic heterocycles. The highest BCUT2D eigenvalue weighted by Gasteiger charge is 2.12. The third kappa shape index (κ3) is 4.08. The zero-order valence-electron chi connectivity index (χ0n) is 10.8. The first-order valence-electron chi connectivity index (χ1n) is 5.94. The van der Waals surface area contributed by atoms with Crippen LogP contribution in [0.5, 0.6) is 0 Å². The molecular weight excluding hydrogens is 358 g/mol. The van der Waals surface area contributed by atoms with Crippen LogP contribution in [0.4, 0.5) is 5.82 Å². The van der Waals surface area contributed by atoms with Gasteiger partial charge in [-0.3, -0.25) is 9.59 Å². The van der Waals surface area contributed by atoms with E-state index in [-0.39, 0.29) is 11.4 Å². The summed E-state index contributed by atoms with van der Waals surface area (Å²) in [5.41, 5.74) is 5.13. The molecule has 8 heteroatoms. The van der Waals surface area contributed by atoms with E-state index in [0.29, 0.717) is 11.6 Å². The van der Waals surface area contributed by atoms with Crippen LogP contribution in [0.25, 0.3) is 0 Å². The smallest absolute Gasteiger partial charge is 0.308 e. The molecule has 0 unspecified atom stereocenters. The summed E-state index contributed by atoms with van der Waals surface area (Å²) in [5.74, 6) is -0.323. The van der Waals surface area contributed by atoms with Gasteiger partial charge in [-0.25, -0.2) is 4.98 Å². The molecule has 0 atom stereocenters. The minimum absolute atomic E-state index is 0.0165. The lowest BCUT2D eigenvalue weighted by Gasteiger charge is -2.06. The Morgan fingerprint density at radius 2 is 2.14 bits per heavy atom. The van der Waals surface area contributed by atoms with Crippen molar-refractivity contribution in [2.24, 2.45) is 0 Å². The van der Waals surface area contributed by atoms with Crippen molar-refractivity contribution in [2.45, 2.75) is 17.1 Å². The number of nitrogens with one attached hydrogen (secondary N) is 1. The maximum absolute atomic E-state index is 11.8. The molecule has 2 aromatic rings. The molecule has 21 heavy (non-hydrogen) atoms. The van der Waals surface area contributed by atoms with Crippen molar-refractivity contribution < 1.29 is 9.90 Å². The molecule has 110 valence electrons. The first-order chi connectivity index (χ1) is 9.97. The Hall–Kier alpha value is -1.80. The van der Waals surface area contributed by atoms with Gasteiger partial charge in [-0.15, -0.1) is 11.8 Å². The number of aromatic amines is 1. The number of hydrogen-bond donors (Lipinski definition) is 3. The van der Waals surface area contributed by atoms with Gasteiger partial charge in [0.1, 0.15) is 11.6 Å². The van der Waals surface area contributed by atoms with E-state index in [0.717, 1.165) is 9.37 Å². The molecule has 0 aliphatic rings. The van der Waals surface area contributed by atoms with E-state index in [2.05, 4.69) is 25.9 Å². The largest absolute Gasteiger partial charge is 0.481 e. The van der Waals surface area contributed by atoms with Crippen molar-refractivity contribution in [3.8, 4) is 0 Å². The number of thioether (sulfide) groups is 1. The predicted octanol–water partition coefficient (Wildman–Crippen LogP) is 2.03. The highest BCUT2D eigenvalue weighted by atomic mass is 79.9. The van der Waals surface area contributed by atoms with Crippen LogP contribution in [0.3, 0.4) is 0 Å². The summed E-state index contributed by atoms with van der Waals surface area (Å²) in [6.07, 6.45) is -0.439. The van der Waals surface area contributed by atoms with Crippen LogP contribution < -0.4 is 11.3 Å². The first kappa shape index (κ1) is 15.6.